The molecule has 0 unspecified atom stereocenters. The summed E-state index contributed by atoms with van der Waals surface area (Å²) in [5.74, 6) is 0.365. The molecule has 3 rings (SSSR count). The monoisotopic (exact) mass is 399 g/mol. The Hall–Kier alpha value is -1.50. The zero-order valence-electron chi connectivity index (χ0n) is 14.0. The molecule has 1 aliphatic rings. The van der Waals surface area contributed by atoms with Crippen LogP contribution in [0.5, 0.6) is 0 Å². The highest BCUT2D eigenvalue weighted by Crippen LogP contribution is 2.31. The summed E-state index contributed by atoms with van der Waals surface area (Å²) in [4.78, 5) is 0. The SMILES string of the molecule is Cc1cc(/C=N\N[C@@H]2CCS(=O)(=O)C2)c(C)n1-c1cccc(Cl)c1Cl. The minimum absolute atomic E-state index is 0.118. The molecule has 134 valence electrons. The molecule has 0 bridgehead atoms. The van der Waals surface area contributed by atoms with Crippen LogP contribution in [0.4, 0.5) is 0 Å². The van der Waals surface area contributed by atoms with Crippen molar-refractivity contribution in [2.75, 3.05) is 11.5 Å². The minimum atomic E-state index is -2.91. The summed E-state index contributed by atoms with van der Waals surface area (Å²) in [6, 6.07) is 7.41. The Kier molecular flexibility index (Phi) is 5.14. The minimum Gasteiger partial charge on any atom is -0.316 e. The molecule has 1 aromatic heterocycles. The van der Waals surface area contributed by atoms with Crippen LogP contribution >= 0.6 is 23.2 Å². The van der Waals surface area contributed by atoms with Crippen molar-refractivity contribution in [1.82, 2.24) is 9.99 Å². The molecule has 0 saturated carbocycles. The van der Waals surface area contributed by atoms with Gasteiger partial charge in [0.1, 0.15) is 0 Å². The predicted octanol–water partition coefficient (Wildman–Crippen LogP) is 3.51. The molecule has 1 saturated heterocycles. The quantitative estimate of drug-likeness (QED) is 0.631. The van der Waals surface area contributed by atoms with Gasteiger partial charge in [0, 0.05) is 17.0 Å². The Morgan fingerprint density at radius 3 is 2.76 bits per heavy atom. The molecule has 1 aromatic carbocycles. The van der Waals surface area contributed by atoms with E-state index >= 15 is 0 Å². The summed E-state index contributed by atoms with van der Waals surface area (Å²) < 4.78 is 25.0. The fourth-order valence-corrected chi connectivity index (χ4v) is 5.11. The number of hydrogen-bond acceptors (Lipinski definition) is 4. The highest BCUT2D eigenvalue weighted by Gasteiger charge is 2.27. The third-order valence-corrected chi connectivity index (χ3v) is 6.91. The molecular weight excluding hydrogens is 381 g/mol. The second kappa shape index (κ2) is 7.02. The summed E-state index contributed by atoms with van der Waals surface area (Å²) in [6.07, 6.45) is 2.30. The number of benzene rings is 1. The van der Waals surface area contributed by atoms with Crippen molar-refractivity contribution in [3.05, 3.63) is 51.3 Å². The molecule has 2 aromatic rings. The number of hydrogen-bond donors (Lipinski definition) is 1. The standard InChI is InChI=1S/C17H19Cl2N3O2S/c1-11-8-13(9-20-21-14-6-7-25(23,24)10-14)12(2)22(11)16-5-3-4-15(18)17(16)19/h3-5,8-9,14,21H,6-7,10H2,1-2H3/b20-9-/t14-/m1/s1. The first-order chi connectivity index (χ1) is 11.8. The molecule has 0 spiro atoms. The lowest BCUT2D eigenvalue weighted by molar-refractivity contribution is 0.578. The summed E-state index contributed by atoms with van der Waals surface area (Å²) in [5, 5.41) is 5.24. The molecule has 1 N–H and O–H groups in total. The van der Waals surface area contributed by atoms with Crippen molar-refractivity contribution in [1.29, 1.82) is 0 Å². The van der Waals surface area contributed by atoms with Crippen LogP contribution in [0.25, 0.3) is 5.69 Å². The van der Waals surface area contributed by atoms with E-state index in [0.717, 1.165) is 22.6 Å². The van der Waals surface area contributed by atoms with Gasteiger partial charge in [0.15, 0.2) is 9.84 Å². The van der Waals surface area contributed by atoms with E-state index in [2.05, 4.69) is 10.5 Å². The predicted molar refractivity (Wildman–Crippen MR) is 103 cm³/mol. The lowest BCUT2D eigenvalue weighted by Gasteiger charge is -2.12. The second-order valence-corrected chi connectivity index (χ2v) is 9.24. The van der Waals surface area contributed by atoms with Crippen molar-refractivity contribution in [2.24, 2.45) is 5.10 Å². The fraction of sp³-hybridized carbons (Fsp3) is 0.353. The topological polar surface area (TPSA) is 63.5 Å². The van der Waals surface area contributed by atoms with E-state index in [-0.39, 0.29) is 17.5 Å². The number of aryl methyl sites for hydroxylation is 1. The van der Waals surface area contributed by atoms with E-state index in [4.69, 9.17) is 23.2 Å². The van der Waals surface area contributed by atoms with Crippen LogP contribution in [0, 0.1) is 13.8 Å². The lowest BCUT2D eigenvalue weighted by Crippen LogP contribution is -2.25. The van der Waals surface area contributed by atoms with E-state index in [9.17, 15) is 8.42 Å². The molecule has 0 aliphatic carbocycles. The Bertz CT molecular complexity index is 936. The van der Waals surface area contributed by atoms with Crippen LogP contribution in [0.2, 0.25) is 10.0 Å². The van der Waals surface area contributed by atoms with Crippen LogP contribution in [0.15, 0.2) is 29.4 Å². The third-order valence-electron chi connectivity index (χ3n) is 4.34. The largest absolute Gasteiger partial charge is 0.316 e. The molecule has 2 heterocycles. The average Bonchev–Trinajstić information content (AvgIpc) is 3.02. The maximum Gasteiger partial charge on any atom is 0.152 e. The normalized spacial score (nSPS) is 19.6. The van der Waals surface area contributed by atoms with Gasteiger partial charge in [-0.15, -0.1) is 0 Å². The molecule has 5 nitrogen and oxygen atoms in total. The Morgan fingerprint density at radius 1 is 1.32 bits per heavy atom. The van der Waals surface area contributed by atoms with Crippen molar-refractivity contribution >= 4 is 39.3 Å². The number of nitrogens with zero attached hydrogens (tertiary/aromatic N) is 2. The summed E-state index contributed by atoms with van der Waals surface area (Å²) in [7, 11) is -2.91. The number of hydrazone groups is 1. The fourth-order valence-electron chi connectivity index (χ4n) is 3.06. The van der Waals surface area contributed by atoms with Gasteiger partial charge in [0.05, 0.1) is 39.5 Å². The van der Waals surface area contributed by atoms with Crippen LogP contribution in [-0.2, 0) is 9.84 Å². The van der Waals surface area contributed by atoms with Gasteiger partial charge in [0.2, 0.25) is 0 Å². The number of aromatic nitrogens is 1. The highest BCUT2D eigenvalue weighted by atomic mass is 35.5. The Morgan fingerprint density at radius 2 is 2.08 bits per heavy atom. The van der Waals surface area contributed by atoms with Gasteiger partial charge in [-0.1, -0.05) is 29.3 Å². The molecule has 0 amide bonds. The first-order valence-corrected chi connectivity index (χ1v) is 10.5. The van der Waals surface area contributed by atoms with Gasteiger partial charge >= 0.3 is 0 Å². The van der Waals surface area contributed by atoms with Crippen LogP contribution < -0.4 is 5.43 Å². The molecule has 1 fully saturated rings. The molecule has 25 heavy (non-hydrogen) atoms. The van der Waals surface area contributed by atoms with Crippen molar-refractivity contribution in [2.45, 2.75) is 26.3 Å². The average molecular weight is 400 g/mol. The zero-order valence-corrected chi connectivity index (χ0v) is 16.3. The van der Waals surface area contributed by atoms with Gasteiger partial charge < -0.3 is 9.99 Å². The zero-order chi connectivity index (χ0) is 18.2. The summed E-state index contributed by atoms with van der Waals surface area (Å²) in [5.41, 5.74) is 6.67. The first-order valence-electron chi connectivity index (χ1n) is 7.91. The first kappa shape index (κ1) is 18.3. The summed E-state index contributed by atoms with van der Waals surface area (Å²) in [6.45, 7) is 3.96. The van der Waals surface area contributed by atoms with Crippen molar-refractivity contribution in [3.63, 3.8) is 0 Å². The molecular formula is C17H19Cl2N3O2S. The maximum absolute atomic E-state index is 11.5. The van der Waals surface area contributed by atoms with Gasteiger partial charge in [-0.2, -0.15) is 5.10 Å². The van der Waals surface area contributed by atoms with Crippen LogP contribution in [-0.4, -0.2) is 36.7 Å². The van der Waals surface area contributed by atoms with Crippen molar-refractivity contribution in [3.8, 4) is 5.69 Å². The molecule has 1 atom stereocenters. The van der Waals surface area contributed by atoms with E-state index in [1.165, 1.54) is 0 Å². The van der Waals surface area contributed by atoms with E-state index in [0.29, 0.717) is 16.5 Å². The maximum atomic E-state index is 11.5. The third kappa shape index (κ3) is 3.86. The smallest absolute Gasteiger partial charge is 0.152 e. The number of rotatable bonds is 4. The van der Waals surface area contributed by atoms with E-state index in [1.54, 1.807) is 12.3 Å². The number of sulfone groups is 1. The highest BCUT2D eigenvalue weighted by molar-refractivity contribution is 7.91. The van der Waals surface area contributed by atoms with Crippen molar-refractivity contribution < 1.29 is 8.42 Å². The molecule has 0 radical (unpaired) electrons. The Balaban J connectivity index is 1.83. The van der Waals surface area contributed by atoms with E-state index < -0.39 is 9.84 Å². The molecule has 8 heteroatoms. The lowest BCUT2D eigenvalue weighted by atomic mass is 10.2. The van der Waals surface area contributed by atoms with Crippen LogP contribution in [0.3, 0.4) is 0 Å². The van der Waals surface area contributed by atoms with Gasteiger partial charge in [-0.3, -0.25) is 0 Å². The van der Waals surface area contributed by atoms with Gasteiger partial charge in [-0.05, 0) is 38.5 Å². The van der Waals surface area contributed by atoms with Gasteiger partial charge in [0.25, 0.3) is 0 Å². The second-order valence-electron chi connectivity index (χ2n) is 6.22. The molecule has 1 aliphatic heterocycles. The Labute approximate surface area is 157 Å². The van der Waals surface area contributed by atoms with E-state index in [1.807, 2.05) is 36.6 Å². The van der Waals surface area contributed by atoms with Gasteiger partial charge in [-0.25, -0.2) is 8.42 Å². The number of nitrogens with one attached hydrogen (secondary N) is 1. The summed E-state index contributed by atoms with van der Waals surface area (Å²) >= 11 is 12.5. The van der Waals surface area contributed by atoms with Crippen LogP contribution in [0.1, 0.15) is 23.4 Å². The number of halogens is 2.